The number of aromatic amines is 1. The van der Waals surface area contributed by atoms with Crippen LogP contribution in [0.3, 0.4) is 0 Å². The Hall–Kier alpha value is -1.73. The third kappa shape index (κ3) is 6.21. The molecular formula is C18H25ClN4O2S. The summed E-state index contributed by atoms with van der Waals surface area (Å²) in [6.07, 6.45) is 2.10. The number of ether oxygens (including phenoxy) is 1. The molecule has 0 aliphatic carbocycles. The molecule has 6 nitrogen and oxygen atoms in total. The first-order chi connectivity index (χ1) is 12.5. The summed E-state index contributed by atoms with van der Waals surface area (Å²) in [5.74, 6) is 1.80. The Balaban J connectivity index is 1.81. The van der Waals surface area contributed by atoms with Crippen LogP contribution in [-0.2, 0) is 11.4 Å². The van der Waals surface area contributed by atoms with E-state index in [1.165, 1.54) is 11.8 Å². The molecule has 0 saturated heterocycles. The fraction of sp³-hybridized carbons (Fsp3) is 0.500. The molecule has 1 heterocycles. The van der Waals surface area contributed by atoms with E-state index in [0.29, 0.717) is 21.8 Å². The molecule has 0 spiro atoms. The first kappa shape index (κ1) is 20.6. The van der Waals surface area contributed by atoms with Crippen LogP contribution in [-0.4, -0.2) is 44.8 Å². The minimum absolute atomic E-state index is 0.116. The maximum atomic E-state index is 12.2. The van der Waals surface area contributed by atoms with Crippen LogP contribution in [0.2, 0.25) is 5.02 Å². The van der Waals surface area contributed by atoms with Crippen LogP contribution in [0.25, 0.3) is 0 Å². The Morgan fingerprint density at radius 2 is 2.19 bits per heavy atom. The Kier molecular flexibility index (Phi) is 8.25. The number of nitrogens with one attached hydrogen (secondary N) is 1. The molecule has 0 saturated carbocycles. The molecule has 0 bridgehead atoms. The van der Waals surface area contributed by atoms with Crippen LogP contribution in [0.1, 0.15) is 38.1 Å². The quantitative estimate of drug-likeness (QED) is 0.612. The number of hydrogen-bond donors (Lipinski definition) is 1. The van der Waals surface area contributed by atoms with Crippen molar-refractivity contribution in [3.63, 3.8) is 0 Å². The van der Waals surface area contributed by atoms with Gasteiger partial charge in [0.25, 0.3) is 0 Å². The number of aryl methyl sites for hydroxylation is 1. The minimum atomic E-state index is 0.116. The summed E-state index contributed by atoms with van der Waals surface area (Å²) >= 11 is 7.34. The second-order valence-corrected chi connectivity index (χ2v) is 7.23. The van der Waals surface area contributed by atoms with E-state index in [9.17, 15) is 4.79 Å². The lowest BCUT2D eigenvalue weighted by Gasteiger charge is -2.19. The number of hydrogen-bond acceptors (Lipinski definition) is 5. The van der Waals surface area contributed by atoms with Crippen molar-refractivity contribution in [2.75, 3.05) is 18.8 Å². The second kappa shape index (κ2) is 10.4. The van der Waals surface area contributed by atoms with Gasteiger partial charge in [-0.1, -0.05) is 36.7 Å². The minimum Gasteiger partial charge on any atom is -0.486 e. The molecule has 1 aromatic heterocycles. The van der Waals surface area contributed by atoms with Crippen LogP contribution < -0.4 is 4.74 Å². The number of benzene rings is 1. The summed E-state index contributed by atoms with van der Waals surface area (Å²) < 4.78 is 5.69. The molecule has 26 heavy (non-hydrogen) atoms. The second-order valence-electron chi connectivity index (χ2n) is 5.88. The first-order valence-corrected chi connectivity index (χ1v) is 10.1. The molecule has 1 amide bonds. The molecule has 0 unspecified atom stereocenters. The Labute approximate surface area is 163 Å². The maximum absolute atomic E-state index is 12.2. The topological polar surface area (TPSA) is 71.1 Å². The van der Waals surface area contributed by atoms with Gasteiger partial charge in [0, 0.05) is 18.1 Å². The Morgan fingerprint density at radius 3 is 2.88 bits per heavy atom. The molecule has 0 aliphatic rings. The summed E-state index contributed by atoms with van der Waals surface area (Å²) in [6.45, 7) is 7.86. The lowest BCUT2D eigenvalue weighted by atomic mass is 10.2. The van der Waals surface area contributed by atoms with Crippen molar-refractivity contribution in [1.29, 1.82) is 0 Å². The van der Waals surface area contributed by atoms with Crippen LogP contribution in [0.15, 0.2) is 23.4 Å². The van der Waals surface area contributed by atoms with Crippen molar-refractivity contribution < 1.29 is 9.53 Å². The zero-order valence-corrected chi connectivity index (χ0v) is 17.0. The van der Waals surface area contributed by atoms with Crippen molar-refractivity contribution >= 4 is 29.3 Å². The molecule has 142 valence electrons. The van der Waals surface area contributed by atoms with Gasteiger partial charge in [-0.05, 0) is 44.0 Å². The normalized spacial score (nSPS) is 10.8. The lowest BCUT2D eigenvalue weighted by Crippen LogP contribution is -2.33. The fourth-order valence-electron chi connectivity index (χ4n) is 2.29. The lowest BCUT2D eigenvalue weighted by molar-refractivity contribution is -0.128. The van der Waals surface area contributed by atoms with Crippen molar-refractivity contribution in [2.45, 2.75) is 45.4 Å². The highest BCUT2D eigenvalue weighted by Crippen LogP contribution is 2.21. The van der Waals surface area contributed by atoms with Gasteiger partial charge in [-0.2, -0.15) is 0 Å². The van der Waals surface area contributed by atoms with E-state index in [1.807, 2.05) is 30.9 Å². The molecule has 0 atom stereocenters. The number of unbranched alkanes of at least 4 members (excludes halogenated alkanes) is 1. The number of H-pyrrole nitrogens is 1. The summed E-state index contributed by atoms with van der Waals surface area (Å²) in [5, 5.41) is 8.24. The molecule has 2 aromatic rings. The van der Waals surface area contributed by atoms with Crippen molar-refractivity contribution in [1.82, 2.24) is 20.1 Å². The monoisotopic (exact) mass is 396 g/mol. The van der Waals surface area contributed by atoms with Gasteiger partial charge < -0.3 is 9.64 Å². The number of nitrogens with zero attached hydrogens (tertiary/aromatic N) is 3. The third-order valence-corrected chi connectivity index (χ3v) is 5.11. The van der Waals surface area contributed by atoms with Gasteiger partial charge in [-0.25, -0.2) is 4.98 Å². The molecule has 0 radical (unpaired) electrons. The molecule has 1 aromatic carbocycles. The summed E-state index contributed by atoms with van der Waals surface area (Å²) in [5.41, 5.74) is 0.958. The van der Waals surface area contributed by atoms with Crippen molar-refractivity contribution in [3.05, 3.63) is 34.6 Å². The van der Waals surface area contributed by atoms with Gasteiger partial charge in [-0.3, -0.25) is 9.89 Å². The van der Waals surface area contributed by atoms with Gasteiger partial charge in [0.15, 0.2) is 5.82 Å². The molecule has 2 rings (SSSR count). The standard InChI is InChI=1S/C18H25ClN4O2S/c1-4-6-9-23(5-2)17(24)12-26-18-20-16(21-22-18)11-25-14-7-8-15(19)13(3)10-14/h7-8,10H,4-6,9,11-12H2,1-3H3,(H,20,21,22). The predicted octanol–water partition coefficient (Wildman–Crippen LogP) is 4.09. The maximum Gasteiger partial charge on any atom is 0.233 e. The van der Waals surface area contributed by atoms with Crippen LogP contribution in [0, 0.1) is 6.92 Å². The number of amides is 1. The molecule has 0 aliphatic heterocycles. The van der Waals surface area contributed by atoms with Gasteiger partial charge in [0.2, 0.25) is 11.1 Å². The number of rotatable bonds is 10. The van der Waals surface area contributed by atoms with Gasteiger partial charge in [-0.15, -0.1) is 5.10 Å². The zero-order valence-electron chi connectivity index (χ0n) is 15.4. The predicted molar refractivity (Wildman–Crippen MR) is 105 cm³/mol. The highest BCUT2D eigenvalue weighted by atomic mass is 35.5. The highest BCUT2D eigenvalue weighted by Gasteiger charge is 2.13. The third-order valence-electron chi connectivity index (χ3n) is 3.86. The van der Waals surface area contributed by atoms with Crippen LogP contribution >= 0.6 is 23.4 Å². The van der Waals surface area contributed by atoms with Gasteiger partial charge >= 0.3 is 0 Å². The average Bonchev–Trinajstić information content (AvgIpc) is 3.09. The zero-order chi connectivity index (χ0) is 18.9. The van der Waals surface area contributed by atoms with Crippen LogP contribution in [0.5, 0.6) is 5.75 Å². The Bertz CT molecular complexity index is 723. The van der Waals surface area contributed by atoms with E-state index in [-0.39, 0.29) is 12.5 Å². The van der Waals surface area contributed by atoms with E-state index in [4.69, 9.17) is 16.3 Å². The van der Waals surface area contributed by atoms with Crippen molar-refractivity contribution in [2.24, 2.45) is 0 Å². The summed E-state index contributed by atoms with van der Waals surface area (Å²) in [6, 6.07) is 5.50. The smallest absolute Gasteiger partial charge is 0.233 e. The van der Waals surface area contributed by atoms with E-state index in [0.717, 1.165) is 37.2 Å². The number of carbonyl (C=O) groups excluding carboxylic acids is 1. The first-order valence-electron chi connectivity index (χ1n) is 8.74. The fourth-order valence-corrected chi connectivity index (χ4v) is 3.13. The molecule has 8 heteroatoms. The van der Waals surface area contributed by atoms with E-state index in [1.54, 1.807) is 6.07 Å². The Morgan fingerprint density at radius 1 is 1.38 bits per heavy atom. The van der Waals surface area contributed by atoms with Gasteiger partial charge in [0.05, 0.1) is 5.75 Å². The van der Waals surface area contributed by atoms with Gasteiger partial charge in [0.1, 0.15) is 12.4 Å². The number of aromatic nitrogens is 3. The number of thioether (sulfide) groups is 1. The SMILES string of the molecule is CCCCN(CC)C(=O)CSc1n[nH]c(COc2ccc(Cl)c(C)c2)n1. The number of carbonyl (C=O) groups is 1. The number of halogens is 1. The molecule has 0 fully saturated rings. The molecule has 1 N–H and O–H groups in total. The van der Waals surface area contributed by atoms with Crippen LogP contribution in [0.4, 0.5) is 0 Å². The summed E-state index contributed by atoms with van der Waals surface area (Å²) in [7, 11) is 0. The molecular weight excluding hydrogens is 372 g/mol. The van der Waals surface area contributed by atoms with E-state index in [2.05, 4.69) is 22.1 Å². The van der Waals surface area contributed by atoms with Crippen molar-refractivity contribution in [3.8, 4) is 5.75 Å². The largest absolute Gasteiger partial charge is 0.486 e. The van der Waals surface area contributed by atoms with E-state index >= 15 is 0 Å². The van der Waals surface area contributed by atoms with E-state index < -0.39 is 0 Å². The summed E-state index contributed by atoms with van der Waals surface area (Å²) in [4.78, 5) is 18.5. The average molecular weight is 397 g/mol. The highest BCUT2D eigenvalue weighted by molar-refractivity contribution is 7.99.